The summed E-state index contributed by atoms with van der Waals surface area (Å²) in [6.45, 7) is 4.09. The van der Waals surface area contributed by atoms with Crippen LogP contribution in [-0.4, -0.2) is 48.3 Å². The molecule has 0 bridgehead atoms. The first-order chi connectivity index (χ1) is 10.4. The molecular formula is C16H21N3O2. The Balaban J connectivity index is 1.35. The summed E-state index contributed by atoms with van der Waals surface area (Å²) in [5, 5.41) is 3.45. The summed E-state index contributed by atoms with van der Waals surface area (Å²) in [4.78, 5) is 7.06. The van der Waals surface area contributed by atoms with E-state index in [2.05, 4.69) is 15.2 Å². The number of fused-ring (bicyclic) bond motifs is 1. The van der Waals surface area contributed by atoms with E-state index < -0.39 is 0 Å². The maximum absolute atomic E-state index is 5.74. The lowest BCUT2D eigenvalue weighted by atomic mass is 10.0. The summed E-state index contributed by atoms with van der Waals surface area (Å²) >= 11 is 0. The van der Waals surface area contributed by atoms with Crippen LogP contribution in [0.15, 0.2) is 28.7 Å². The van der Waals surface area contributed by atoms with Crippen molar-refractivity contribution in [3.05, 3.63) is 24.3 Å². The van der Waals surface area contributed by atoms with Crippen molar-refractivity contribution in [1.29, 1.82) is 0 Å². The molecule has 0 saturated carbocycles. The van der Waals surface area contributed by atoms with Crippen LogP contribution in [-0.2, 0) is 4.74 Å². The molecule has 0 radical (unpaired) electrons. The summed E-state index contributed by atoms with van der Waals surface area (Å²) in [5.74, 6) is 0. The fraction of sp³-hybridized carbons (Fsp3) is 0.562. The Hall–Kier alpha value is -1.59. The van der Waals surface area contributed by atoms with Gasteiger partial charge in [0.1, 0.15) is 5.52 Å². The van der Waals surface area contributed by atoms with Gasteiger partial charge in [-0.1, -0.05) is 12.1 Å². The molecule has 4 rings (SSSR count). The van der Waals surface area contributed by atoms with Crippen molar-refractivity contribution in [2.75, 3.05) is 31.6 Å². The number of aromatic nitrogens is 1. The molecule has 3 heterocycles. The Morgan fingerprint density at radius 1 is 1.14 bits per heavy atom. The van der Waals surface area contributed by atoms with Crippen molar-refractivity contribution < 1.29 is 9.15 Å². The molecule has 0 spiro atoms. The van der Waals surface area contributed by atoms with E-state index >= 15 is 0 Å². The normalized spacial score (nSPS) is 24.7. The van der Waals surface area contributed by atoms with E-state index in [1.165, 1.54) is 6.42 Å². The van der Waals surface area contributed by atoms with Gasteiger partial charge in [0, 0.05) is 31.8 Å². The third kappa shape index (κ3) is 2.76. The van der Waals surface area contributed by atoms with Gasteiger partial charge >= 0.3 is 0 Å². The van der Waals surface area contributed by atoms with Crippen molar-refractivity contribution >= 4 is 17.1 Å². The number of likely N-dealkylation sites (tertiary alicyclic amines) is 1. The number of hydrogen-bond donors (Lipinski definition) is 1. The van der Waals surface area contributed by atoms with Gasteiger partial charge in [0.25, 0.3) is 6.01 Å². The molecule has 112 valence electrons. The van der Waals surface area contributed by atoms with E-state index in [0.717, 1.165) is 50.2 Å². The number of nitrogens with one attached hydrogen (secondary N) is 1. The summed E-state index contributed by atoms with van der Waals surface area (Å²) < 4.78 is 11.2. The second-order valence-electron chi connectivity index (χ2n) is 5.96. The third-order valence-corrected chi connectivity index (χ3v) is 4.57. The van der Waals surface area contributed by atoms with Gasteiger partial charge in [0.05, 0.1) is 6.61 Å². The Labute approximate surface area is 124 Å². The van der Waals surface area contributed by atoms with Crippen molar-refractivity contribution in [1.82, 2.24) is 9.88 Å². The predicted octanol–water partition coefficient (Wildman–Crippen LogP) is 2.49. The second kappa shape index (κ2) is 5.66. The van der Waals surface area contributed by atoms with Crippen LogP contribution in [0.3, 0.4) is 0 Å². The van der Waals surface area contributed by atoms with E-state index in [-0.39, 0.29) is 0 Å². The molecule has 2 aliphatic heterocycles. The topological polar surface area (TPSA) is 50.5 Å². The average molecular weight is 287 g/mol. The molecule has 5 heteroatoms. The molecule has 1 aromatic heterocycles. The van der Waals surface area contributed by atoms with Crippen molar-refractivity contribution in [2.45, 2.75) is 31.3 Å². The first-order valence-electron chi connectivity index (χ1n) is 7.82. The fourth-order valence-corrected chi connectivity index (χ4v) is 3.33. The minimum absolute atomic E-state index is 0.455. The molecule has 1 atom stereocenters. The zero-order valence-corrected chi connectivity index (χ0v) is 12.1. The first kappa shape index (κ1) is 13.1. The monoisotopic (exact) mass is 287 g/mol. The number of benzene rings is 1. The SMILES string of the molecule is c1ccc2oc(NC3CCN(C4CCOC4)CC3)nc2c1. The van der Waals surface area contributed by atoms with E-state index in [9.17, 15) is 0 Å². The molecule has 5 nitrogen and oxygen atoms in total. The smallest absolute Gasteiger partial charge is 0.295 e. The number of para-hydroxylation sites is 2. The Bertz CT molecular complexity index is 565. The summed E-state index contributed by atoms with van der Waals surface area (Å²) in [7, 11) is 0. The first-order valence-corrected chi connectivity index (χ1v) is 7.82. The van der Waals surface area contributed by atoms with E-state index in [1.807, 2.05) is 24.3 Å². The molecule has 2 fully saturated rings. The highest BCUT2D eigenvalue weighted by atomic mass is 16.5. The number of piperidine rings is 1. The Morgan fingerprint density at radius 2 is 2.00 bits per heavy atom. The summed E-state index contributed by atoms with van der Waals surface area (Å²) in [6, 6.07) is 9.63. The number of hydrogen-bond acceptors (Lipinski definition) is 5. The standard InChI is InChI=1S/C16H21N3O2/c1-2-4-15-14(3-1)18-16(21-15)17-12-5-8-19(9-6-12)13-7-10-20-11-13/h1-4,12-13H,5-11H2,(H,17,18). The molecule has 0 amide bonds. The van der Waals surface area contributed by atoms with Gasteiger partial charge in [-0.05, 0) is 31.4 Å². The van der Waals surface area contributed by atoms with E-state index in [4.69, 9.17) is 9.15 Å². The highest BCUT2D eigenvalue weighted by molar-refractivity contribution is 5.74. The van der Waals surface area contributed by atoms with Crippen LogP contribution >= 0.6 is 0 Å². The maximum Gasteiger partial charge on any atom is 0.295 e. The van der Waals surface area contributed by atoms with Gasteiger partial charge in [0.15, 0.2) is 5.58 Å². The van der Waals surface area contributed by atoms with Gasteiger partial charge in [-0.3, -0.25) is 4.90 Å². The highest BCUT2D eigenvalue weighted by Crippen LogP contribution is 2.23. The van der Waals surface area contributed by atoms with Crippen LogP contribution in [0.1, 0.15) is 19.3 Å². The van der Waals surface area contributed by atoms with Crippen molar-refractivity contribution in [3.8, 4) is 0 Å². The maximum atomic E-state index is 5.74. The van der Waals surface area contributed by atoms with Gasteiger partial charge < -0.3 is 14.5 Å². The zero-order chi connectivity index (χ0) is 14.1. The summed E-state index contributed by atoms with van der Waals surface area (Å²) in [5.41, 5.74) is 1.76. The Morgan fingerprint density at radius 3 is 2.76 bits per heavy atom. The van der Waals surface area contributed by atoms with Gasteiger partial charge in [-0.25, -0.2) is 0 Å². The second-order valence-corrected chi connectivity index (χ2v) is 5.96. The van der Waals surface area contributed by atoms with Gasteiger partial charge in [-0.2, -0.15) is 4.98 Å². The third-order valence-electron chi connectivity index (χ3n) is 4.57. The molecule has 2 aromatic rings. The predicted molar refractivity (Wildman–Crippen MR) is 81.5 cm³/mol. The van der Waals surface area contributed by atoms with Crippen molar-refractivity contribution in [2.24, 2.45) is 0 Å². The molecule has 21 heavy (non-hydrogen) atoms. The lowest BCUT2D eigenvalue weighted by Crippen LogP contribution is -2.44. The molecule has 2 aliphatic rings. The Kier molecular flexibility index (Phi) is 3.53. The molecule has 1 aromatic carbocycles. The number of ether oxygens (including phenoxy) is 1. The summed E-state index contributed by atoms with van der Waals surface area (Å²) in [6.07, 6.45) is 3.45. The van der Waals surface area contributed by atoms with Crippen LogP contribution in [0.25, 0.3) is 11.1 Å². The van der Waals surface area contributed by atoms with Crippen LogP contribution in [0.2, 0.25) is 0 Å². The van der Waals surface area contributed by atoms with Crippen molar-refractivity contribution in [3.63, 3.8) is 0 Å². The molecule has 1 unspecified atom stereocenters. The molecule has 0 aliphatic carbocycles. The number of anilines is 1. The van der Waals surface area contributed by atoms with Crippen LogP contribution < -0.4 is 5.32 Å². The van der Waals surface area contributed by atoms with Crippen LogP contribution in [0.5, 0.6) is 0 Å². The van der Waals surface area contributed by atoms with Crippen LogP contribution in [0.4, 0.5) is 6.01 Å². The lowest BCUT2D eigenvalue weighted by molar-refractivity contribution is 0.124. The minimum Gasteiger partial charge on any atom is -0.424 e. The highest BCUT2D eigenvalue weighted by Gasteiger charge is 2.28. The van der Waals surface area contributed by atoms with E-state index in [0.29, 0.717) is 18.1 Å². The largest absolute Gasteiger partial charge is 0.424 e. The fourth-order valence-electron chi connectivity index (χ4n) is 3.33. The molecule has 2 saturated heterocycles. The molecule has 1 N–H and O–H groups in total. The minimum atomic E-state index is 0.455. The number of rotatable bonds is 3. The lowest BCUT2D eigenvalue weighted by Gasteiger charge is -2.35. The quantitative estimate of drug-likeness (QED) is 0.940. The van der Waals surface area contributed by atoms with Gasteiger partial charge in [-0.15, -0.1) is 0 Å². The molecular weight excluding hydrogens is 266 g/mol. The zero-order valence-electron chi connectivity index (χ0n) is 12.1. The number of nitrogens with zero attached hydrogens (tertiary/aromatic N) is 2. The number of oxazole rings is 1. The van der Waals surface area contributed by atoms with Gasteiger partial charge in [0.2, 0.25) is 0 Å². The van der Waals surface area contributed by atoms with E-state index in [1.54, 1.807) is 0 Å². The van der Waals surface area contributed by atoms with Crippen LogP contribution in [0, 0.1) is 0 Å². The average Bonchev–Trinajstić information content (AvgIpc) is 3.17.